The SMILES string of the molecule is CC[C@H]1CCc2sc(C(=O)N3CCC(NS(=O)(=O)c4cccs4)CC3)cc2C1. The van der Waals surface area contributed by atoms with E-state index in [1.807, 2.05) is 4.90 Å². The van der Waals surface area contributed by atoms with Crippen LogP contribution in [-0.4, -0.2) is 38.4 Å². The van der Waals surface area contributed by atoms with Crippen LogP contribution in [0.4, 0.5) is 0 Å². The van der Waals surface area contributed by atoms with Gasteiger partial charge in [0.1, 0.15) is 4.21 Å². The molecule has 5 nitrogen and oxygen atoms in total. The van der Waals surface area contributed by atoms with Gasteiger partial charge in [0.05, 0.1) is 4.88 Å². The summed E-state index contributed by atoms with van der Waals surface area (Å²) in [7, 11) is -3.45. The Morgan fingerprint density at radius 1 is 1.29 bits per heavy atom. The number of hydrogen-bond acceptors (Lipinski definition) is 5. The highest BCUT2D eigenvalue weighted by Crippen LogP contribution is 2.34. The first-order chi connectivity index (χ1) is 13.5. The summed E-state index contributed by atoms with van der Waals surface area (Å²) in [5, 5.41) is 1.76. The second-order valence-electron chi connectivity index (χ2n) is 7.70. The van der Waals surface area contributed by atoms with Crippen molar-refractivity contribution in [2.75, 3.05) is 13.1 Å². The lowest BCUT2D eigenvalue weighted by atomic mass is 9.87. The number of nitrogens with one attached hydrogen (secondary N) is 1. The highest BCUT2D eigenvalue weighted by atomic mass is 32.2. The molecule has 0 spiro atoms. The Morgan fingerprint density at radius 3 is 2.75 bits per heavy atom. The van der Waals surface area contributed by atoms with Crippen LogP contribution < -0.4 is 4.72 Å². The fourth-order valence-electron chi connectivity index (χ4n) is 4.10. The predicted molar refractivity (Wildman–Crippen MR) is 114 cm³/mol. The van der Waals surface area contributed by atoms with Crippen LogP contribution in [-0.2, 0) is 22.9 Å². The third-order valence-electron chi connectivity index (χ3n) is 5.84. The van der Waals surface area contributed by atoms with Crippen molar-refractivity contribution in [1.82, 2.24) is 9.62 Å². The number of hydrogen-bond donors (Lipinski definition) is 1. The Morgan fingerprint density at radius 2 is 2.07 bits per heavy atom. The van der Waals surface area contributed by atoms with Crippen molar-refractivity contribution < 1.29 is 13.2 Å². The number of carbonyl (C=O) groups excluding carboxylic acids is 1. The molecule has 4 rings (SSSR count). The van der Waals surface area contributed by atoms with Crippen LogP contribution in [0, 0.1) is 5.92 Å². The van der Waals surface area contributed by atoms with Crippen molar-refractivity contribution >= 4 is 38.6 Å². The molecule has 2 aromatic heterocycles. The van der Waals surface area contributed by atoms with E-state index in [2.05, 4.69) is 17.7 Å². The van der Waals surface area contributed by atoms with Crippen LogP contribution in [0.25, 0.3) is 0 Å². The zero-order chi connectivity index (χ0) is 19.7. The number of likely N-dealkylation sites (tertiary alicyclic amines) is 1. The van der Waals surface area contributed by atoms with Crippen molar-refractivity contribution in [1.29, 1.82) is 0 Å². The Labute approximate surface area is 174 Å². The van der Waals surface area contributed by atoms with E-state index in [0.29, 0.717) is 30.1 Å². The summed E-state index contributed by atoms with van der Waals surface area (Å²) in [6, 6.07) is 5.35. The van der Waals surface area contributed by atoms with E-state index in [1.165, 1.54) is 34.6 Å². The molecule has 1 aliphatic carbocycles. The summed E-state index contributed by atoms with van der Waals surface area (Å²) in [6.07, 6.45) is 5.93. The summed E-state index contributed by atoms with van der Waals surface area (Å²) in [5.74, 6) is 0.851. The molecule has 28 heavy (non-hydrogen) atoms. The molecular formula is C20H26N2O3S3. The average molecular weight is 439 g/mol. The Kier molecular flexibility index (Phi) is 5.92. The molecule has 0 unspecified atom stereocenters. The summed E-state index contributed by atoms with van der Waals surface area (Å²) >= 11 is 2.88. The fraction of sp³-hybridized carbons (Fsp3) is 0.550. The number of carbonyl (C=O) groups is 1. The molecule has 8 heteroatoms. The van der Waals surface area contributed by atoms with E-state index < -0.39 is 10.0 Å². The highest BCUT2D eigenvalue weighted by molar-refractivity contribution is 7.91. The van der Waals surface area contributed by atoms with E-state index in [4.69, 9.17) is 0 Å². The molecular weight excluding hydrogens is 412 g/mol. The molecule has 0 bridgehead atoms. The van der Waals surface area contributed by atoms with Crippen molar-refractivity contribution in [3.05, 3.63) is 38.9 Å². The number of sulfonamides is 1. The highest BCUT2D eigenvalue weighted by Gasteiger charge is 2.29. The van der Waals surface area contributed by atoms with Gasteiger partial charge in [0.15, 0.2) is 0 Å². The number of piperidine rings is 1. The molecule has 1 N–H and O–H groups in total. The predicted octanol–water partition coefficient (Wildman–Crippen LogP) is 3.91. The average Bonchev–Trinajstić information content (AvgIpc) is 3.37. The first-order valence-corrected chi connectivity index (χ1v) is 13.1. The molecule has 1 fully saturated rings. The zero-order valence-corrected chi connectivity index (χ0v) is 18.5. The minimum absolute atomic E-state index is 0.104. The number of nitrogens with zero attached hydrogens (tertiary/aromatic N) is 1. The Bertz CT molecular complexity index is 926. The van der Waals surface area contributed by atoms with Gasteiger partial charge in [-0.1, -0.05) is 19.4 Å². The lowest BCUT2D eigenvalue weighted by molar-refractivity contribution is 0.0716. The van der Waals surface area contributed by atoms with Crippen molar-refractivity contribution in [3.63, 3.8) is 0 Å². The molecule has 2 aliphatic rings. The van der Waals surface area contributed by atoms with Crippen molar-refractivity contribution in [2.24, 2.45) is 5.92 Å². The van der Waals surface area contributed by atoms with Gasteiger partial charge in [-0.15, -0.1) is 22.7 Å². The van der Waals surface area contributed by atoms with Gasteiger partial charge in [0.2, 0.25) is 10.0 Å². The molecule has 3 heterocycles. The van der Waals surface area contributed by atoms with Crippen LogP contribution in [0.1, 0.15) is 52.7 Å². The fourth-order valence-corrected chi connectivity index (χ4v) is 7.59. The van der Waals surface area contributed by atoms with Crippen molar-refractivity contribution in [3.8, 4) is 0 Å². The van der Waals surface area contributed by atoms with Gasteiger partial charge >= 0.3 is 0 Å². The van der Waals surface area contributed by atoms with Gasteiger partial charge in [-0.05, 0) is 61.1 Å². The summed E-state index contributed by atoms with van der Waals surface area (Å²) in [6.45, 7) is 3.43. The second kappa shape index (κ2) is 8.26. The number of aryl methyl sites for hydroxylation is 1. The molecule has 1 aliphatic heterocycles. The molecule has 152 valence electrons. The third kappa shape index (κ3) is 4.20. The first-order valence-electron chi connectivity index (χ1n) is 9.93. The number of rotatable bonds is 5. The summed E-state index contributed by atoms with van der Waals surface area (Å²) in [4.78, 5) is 17.1. The molecule has 0 radical (unpaired) electrons. The monoisotopic (exact) mass is 438 g/mol. The standard InChI is InChI=1S/C20H26N2O3S3/c1-2-14-5-6-17-15(12-14)13-18(27-17)20(23)22-9-7-16(8-10-22)21-28(24,25)19-4-3-11-26-19/h3-4,11,13-14,16,21H,2,5-10,12H2,1H3/t14-/m0/s1. The normalized spacial score (nSPS) is 20.9. The lowest BCUT2D eigenvalue weighted by Gasteiger charge is -2.31. The van der Waals surface area contributed by atoms with E-state index in [9.17, 15) is 13.2 Å². The molecule has 2 aromatic rings. The zero-order valence-electron chi connectivity index (χ0n) is 16.0. The van der Waals surface area contributed by atoms with Crippen LogP contribution >= 0.6 is 22.7 Å². The number of thiophene rings is 2. The lowest BCUT2D eigenvalue weighted by Crippen LogP contribution is -2.46. The minimum atomic E-state index is -3.45. The summed E-state index contributed by atoms with van der Waals surface area (Å²) < 4.78 is 27.9. The largest absolute Gasteiger partial charge is 0.338 e. The van der Waals surface area contributed by atoms with Crippen LogP contribution in [0.3, 0.4) is 0 Å². The van der Waals surface area contributed by atoms with Gasteiger partial charge in [-0.2, -0.15) is 0 Å². The smallest absolute Gasteiger partial charge is 0.263 e. The van der Waals surface area contributed by atoms with Gasteiger partial charge < -0.3 is 4.90 Å². The van der Waals surface area contributed by atoms with E-state index >= 15 is 0 Å². The maximum Gasteiger partial charge on any atom is 0.263 e. The summed E-state index contributed by atoms with van der Waals surface area (Å²) in [5.41, 5.74) is 1.37. The number of fused-ring (bicyclic) bond motifs is 1. The van der Waals surface area contributed by atoms with Crippen molar-refractivity contribution in [2.45, 2.75) is 55.7 Å². The van der Waals surface area contributed by atoms with Gasteiger partial charge in [-0.25, -0.2) is 13.1 Å². The van der Waals surface area contributed by atoms with Gasteiger partial charge in [0.25, 0.3) is 5.91 Å². The van der Waals surface area contributed by atoms with Gasteiger partial charge in [0, 0.05) is 24.0 Å². The molecule has 0 aromatic carbocycles. The maximum absolute atomic E-state index is 12.9. The van der Waals surface area contributed by atoms with E-state index in [-0.39, 0.29) is 11.9 Å². The topological polar surface area (TPSA) is 66.5 Å². The Hall–Kier alpha value is -1.22. The van der Waals surface area contributed by atoms with Crippen LogP contribution in [0.2, 0.25) is 0 Å². The van der Waals surface area contributed by atoms with E-state index in [0.717, 1.165) is 23.6 Å². The number of amides is 1. The van der Waals surface area contributed by atoms with Crippen LogP contribution in [0.15, 0.2) is 27.8 Å². The molecule has 0 saturated carbocycles. The minimum Gasteiger partial charge on any atom is -0.338 e. The maximum atomic E-state index is 12.9. The second-order valence-corrected chi connectivity index (χ2v) is 11.7. The van der Waals surface area contributed by atoms with Gasteiger partial charge in [-0.3, -0.25) is 4.79 Å². The third-order valence-corrected chi connectivity index (χ3v) is 9.98. The molecule has 1 amide bonds. The molecule has 1 atom stereocenters. The molecule has 1 saturated heterocycles. The Balaban J connectivity index is 1.35. The van der Waals surface area contributed by atoms with Crippen LogP contribution in [0.5, 0.6) is 0 Å². The first kappa shape index (κ1) is 20.1. The van der Waals surface area contributed by atoms with E-state index in [1.54, 1.807) is 28.8 Å². The quantitative estimate of drug-likeness (QED) is 0.770.